The highest BCUT2D eigenvalue weighted by Gasteiger charge is 2.24. The Balaban J connectivity index is 3.01. The van der Waals surface area contributed by atoms with E-state index < -0.39 is 0 Å². The Bertz CT molecular complexity index is 275. The molecule has 2 heteroatoms. The highest BCUT2D eigenvalue weighted by Crippen LogP contribution is 2.30. The predicted molar refractivity (Wildman–Crippen MR) is 59.6 cm³/mol. The minimum Gasteiger partial charge on any atom is -0.508 e. The Kier molecular flexibility index (Phi) is 2.91. The van der Waals surface area contributed by atoms with E-state index in [4.69, 9.17) is 5.11 Å². The number of hydrogen-bond donors (Lipinski definition) is 2. The summed E-state index contributed by atoms with van der Waals surface area (Å²) >= 11 is 4.45. The summed E-state index contributed by atoms with van der Waals surface area (Å²) in [7, 11) is 0. The first-order chi connectivity index (χ1) is 5.94. The number of hydrogen-bond acceptors (Lipinski definition) is 2. The van der Waals surface area contributed by atoms with Gasteiger partial charge in [0, 0.05) is 10.7 Å². The van der Waals surface area contributed by atoms with Gasteiger partial charge in [-0.1, -0.05) is 32.9 Å². The second kappa shape index (κ2) is 3.62. The van der Waals surface area contributed by atoms with Gasteiger partial charge in [0.15, 0.2) is 0 Å². The zero-order valence-electron chi connectivity index (χ0n) is 8.28. The second-order valence-corrected chi connectivity index (χ2v) is 4.72. The molecule has 72 valence electrons. The Morgan fingerprint density at radius 3 is 2.08 bits per heavy atom. The summed E-state index contributed by atoms with van der Waals surface area (Å²) in [5.41, 5.74) is 1.24. The number of phenolic OH excluding ortho intramolecular Hbond substituents is 1. The molecule has 0 heterocycles. The van der Waals surface area contributed by atoms with Crippen molar-refractivity contribution in [2.45, 2.75) is 31.4 Å². The Hall–Kier alpha value is -0.630. The molecule has 13 heavy (non-hydrogen) atoms. The van der Waals surface area contributed by atoms with Crippen LogP contribution in [0.5, 0.6) is 5.75 Å². The number of thiol groups is 1. The maximum atomic E-state index is 9.14. The van der Waals surface area contributed by atoms with Crippen molar-refractivity contribution in [2.75, 3.05) is 0 Å². The molecule has 1 unspecified atom stereocenters. The quantitative estimate of drug-likeness (QED) is 0.697. The predicted octanol–water partition coefficient (Wildman–Crippen LogP) is 2.99. The maximum Gasteiger partial charge on any atom is 0.115 e. The van der Waals surface area contributed by atoms with Crippen LogP contribution in [0.15, 0.2) is 24.3 Å². The standard InChI is InChI=1S/C11H16OS/c1-8(13)11(2,3)9-4-6-10(12)7-5-9/h4-8,12-13H,1-3H3. The molecule has 0 aromatic heterocycles. The van der Waals surface area contributed by atoms with Crippen molar-refractivity contribution < 1.29 is 5.11 Å². The maximum absolute atomic E-state index is 9.14. The summed E-state index contributed by atoms with van der Waals surface area (Å²) in [5.74, 6) is 0.311. The molecule has 0 saturated heterocycles. The lowest BCUT2D eigenvalue weighted by Crippen LogP contribution is -2.26. The third kappa shape index (κ3) is 2.19. The molecule has 1 aromatic carbocycles. The van der Waals surface area contributed by atoms with Crippen molar-refractivity contribution in [3.63, 3.8) is 0 Å². The molecular weight excluding hydrogens is 180 g/mol. The van der Waals surface area contributed by atoms with Crippen LogP contribution < -0.4 is 0 Å². The van der Waals surface area contributed by atoms with E-state index in [-0.39, 0.29) is 10.7 Å². The van der Waals surface area contributed by atoms with Crippen molar-refractivity contribution in [1.29, 1.82) is 0 Å². The number of aromatic hydroxyl groups is 1. The Morgan fingerprint density at radius 1 is 1.23 bits per heavy atom. The molecule has 0 radical (unpaired) electrons. The van der Waals surface area contributed by atoms with Gasteiger partial charge in [-0.3, -0.25) is 0 Å². The number of benzene rings is 1. The fourth-order valence-electron chi connectivity index (χ4n) is 1.13. The minimum atomic E-state index is 0.0385. The lowest BCUT2D eigenvalue weighted by atomic mass is 9.82. The molecule has 1 nitrogen and oxygen atoms in total. The first kappa shape index (κ1) is 10.5. The number of phenols is 1. The summed E-state index contributed by atoms with van der Waals surface area (Å²) in [6.45, 7) is 6.38. The van der Waals surface area contributed by atoms with E-state index in [1.54, 1.807) is 12.1 Å². The topological polar surface area (TPSA) is 20.2 Å². The van der Waals surface area contributed by atoms with Gasteiger partial charge in [0.1, 0.15) is 5.75 Å². The zero-order chi connectivity index (χ0) is 10.1. The van der Waals surface area contributed by atoms with E-state index >= 15 is 0 Å². The minimum absolute atomic E-state index is 0.0385. The molecule has 0 aliphatic carbocycles. The van der Waals surface area contributed by atoms with E-state index in [0.29, 0.717) is 5.75 Å². The molecule has 0 amide bonds. The number of rotatable bonds is 2. The third-order valence-electron chi connectivity index (χ3n) is 2.66. The second-order valence-electron chi connectivity index (χ2n) is 3.94. The average molecular weight is 196 g/mol. The van der Waals surface area contributed by atoms with Gasteiger partial charge in [0.25, 0.3) is 0 Å². The molecule has 0 aliphatic heterocycles. The van der Waals surface area contributed by atoms with Crippen LogP contribution in [0.2, 0.25) is 0 Å². The van der Waals surface area contributed by atoms with Crippen LogP contribution in [0, 0.1) is 0 Å². The van der Waals surface area contributed by atoms with E-state index in [0.717, 1.165) is 0 Å². The summed E-state index contributed by atoms with van der Waals surface area (Å²) in [5, 5.41) is 9.43. The molecule has 1 atom stereocenters. The molecule has 0 bridgehead atoms. The van der Waals surface area contributed by atoms with Crippen molar-refractivity contribution in [2.24, 2.45) is 0 Å². The molecule has 0 saturated carbocycles. The van der Waals surface area contributed by atoms with Crippen LogP contribution in [0.25, 0.3) is 0 Å². The summed E-state index contributed by atoms with van der Waals surface area (Å²) in [6, 6.07) is 7.32. The zero-order valence-corrected chi connectivity index (χ0v) is 9.18. The first-order valence-electron chi connectivity index (χ1n) is 4.42. The molecule has 1 N–H and O–H groups in total. The highest BCUT2D eigenvalue weighted by atomic mass is 32.1. The van der Waals surface area contributed by atoms with Crippen molar-refractivity contribution in [3.05, 3.63) is 29.8 Å². The van der Waals surface area contributed by atoms with E-state index in [2.05, 4.69) is 33.4 Å². The van der Waals surface area contributed by atoms with Crippen LogP contribution in [0.4, 0.5) is 0 Å². The average Bonchev–Trinajstić information content (AvgIpc) is 2.04. The smallest absolute Gasteiger partial charge is 0.115 e. The molecule has 0 fully saturated rings. The van der Waals surface area contributed by atoms with E-state index in [1.165, 1.54) is 5.56 Å². The Labute approximate surface area is 85.2 Å². The monoisotopic (exact) mass is 196 g/mol. The van der Waals surface area contributed by atoms with E-state index in [9.17, 15) is 0 Å². The lowest BCUT2D eigenvalue weighted by Gasteiger charge is -2.29. The summed E-state index contributed by atoms with van der Waals surface area (Å²) in [6.07, 6.45) is 0. The fourth-order valence-corrected chi connectivity index (χ4v) is 1.28. The first-order valence-corrected chi connectivity index (χ1v) is 4.94. The SMILES string of the molecule is CC(S)C(C)(C)c1ccc(O)cc1. The van der Waals surface area contributed by atoms with Crippen molar-refractivity contribution in [3.8, 4) is 5.75 Å². The van der Waals surface area contributed by atoms with Gasteiger partial charge in [-0.15, -0.1) is 0 Å². The largest absolute Gasteiger partial charge is 0.508 e. The van der Waals surface area contributed by atoms with Gasteiger partial charge in [0.05, 0.1) is 0 Å². The Morgan fingerprint density at radius 2 is 1.69 bits per heavy atom. The van der Waals surface area contributed by atoms with Gasteiger partial charge in [-0.2, -0.15) is 12.6 Å². The molecule has 1 rings (SSSR count). The van der Waals surface area contributed by atoms with Crippen LogP contribution in [0.1, 0.15) is 26.3 Å². The normalized spacial score (nSPS) is 14.2. The summed E-state index contributed by atoms with van der Waals surface area (Å²) < 4.78 is 0. The van der Waals surface area contributed by atoms with Crippen LogP contribution >= 0.6 is 12.6 Å². The van der Waals surface area contributed by atoms with Crippen LogP contribution in [0.3, 0.4) is 0 Å². The van der Waals surface area contributed by atoms with Crippen LogP contribution in [-0.2, 0) is 5.41 Å². The molecule has 1 aromatic rings. The lowest BCUT2D eigenvalue weighted by molar-refractivity contribution is 0.472. The fraction of sp³-hybridized carbons (Fsp3) is 0.455. The van der Waals surface area contributed by atoms with Crippen LogP contribution in [-0.4, -0.2) is 10.4 Å². The van der Waals surface area contributed by atoms with Gasteiger partial charge in [0.2, 0.25) is 0 Å². The molecule has 0 aliphatic rings. The highest BCUT2D eigenvalue weighted by molar-refractivity contribution is 7.81. The van der Waals surface area contributed by atoms with Gasteiger partial charge in [-0.05, 0) is 17.7 Å². The van der Waals surface area contributed by atoms with Gasteiger partial charge >= 0.3 is 0 Å². The van der Waals surface area contributed by atoms with Gasteiger partial charge in [-0.25, -0.2) is 0 Å². The van der Waals surface area contributed by atoms with E-state index in [1.807, 2.05) is 12.1 Å². The molecule has 0 spiro atoms. The third-order valence-corrected chi connectivity index (χ3v) is 3.30. The van der Waals surface area contributed by atoms with Crippen molar-refractivity contribution in [1.82, 2.24) is 0 Å². The van der Waals surface area contributed by atoms with Gasteiger partial charge < -0.3 is 5.11 Å². The van der Waals surface area contributed by atoms with Crippen molar-refractivity contribution >= 4 is 12.6 Å². The summed E-state index contributed by atoms with van der Waals surface area (Å²) in [4.78, 5) is 0. The molecular formula is C11H16OS.